The molecule has 0 amide bonds. The molecule has 1 aliphatic heterocycles. The van der Waals surface area contributed by atoms with Crippen molar-refractivity contribution in [2.75, 3.05) is 17.9 Å². The number of nitrogens with one attached hydrogen (secondary N) is 1. The molecule has 0 fully saturated rings. The summed E-state index contributed by atoms with van der Waals surface area (Å²) in [6.45, 7) is 2.73. The van der Waals surface area contributed by atoms with Gasteiger partial charge in [0.15, 0.2) is 11.5 Å². The molecule has 8 heteroatoms. The molecule has 1 aliphatic rings. The van der Waals surface area contributed by atoms with E-state index in [-0.39, 0.29) is 15.6 Å². The molecule has 0 saturated heterocycles. The van der Waals surface area contributed by atoms with Crippen LogP contribution in [0.1, 0.15) is 5.56 Å². The Labute approximate surface area is 155 Å². The van der Waals surface area contributed by atoms with Gasteiger partial charge >= 0.3 is 0 Å². The van der Waals surface area contributed by atoms with Crippen LogP contribution < -0.4 is 14.2 Å². The molecule has 0 aliphatic carbocycles. The van der Waals surface area contributed by atoms with E-state index in [0.29, 0.717) is 30.2 Å². The van der Waals surface area contributed by atoms with E-state index in [1.807, 2.05) is 19.1 Å². The van der Waals surface area contributed by atoms with Crippen molar-refractivity contribution in [2.24, 2.45) is 0 Å². The van der Waals surface area contributed by atoms with Crippen LogP contribution in [0, 0.1) is 6.92 Å². The van der Waals surface area contributed by atoms with E-state index < -0.39 is 10.0 Å². The Hall–Kier alpha value is -2.51. The summed E-state index contributed by atoms with van der Waals surface area (Å²) in [5.74, 6) is 0.941. The maximum Gasteiger partial charge on any atom is 0.264 e. The molecule has 1 N–H and O–H groups in total. The summed E-state index contributed by atoms with van der Waals surface area (Å²) in [7, 11) is -3.90. The monoisotopic (exact) mass is 390 g/mol. The number of hydrogen-bond acceptors (Lipinski definition) is 5. The number of sulfonamides is 1. The van der Waals surface area contributed by atoms with Gasteiger partial charge in [-0.05, 0) is 24.6 Å². The van der Waals surface area contributed by atoms with Crippen molar-refractivity contribution in [3.05, 3.63) is 53.2 Å². The van der Waals surface area contributed by atoms with Crippen LogP contribution in [-0.4, -0.2) is 26.6 Å². The Balaban J connectivity index is 1.77. The molecule has 0 atom stereocenters. The fourth-order valence-corrected chi connectivity index (χ4v) is 4.31. The lowest BCUT2D eigenvalue weighted by atomic mass is 10.2. The van der Waals surface area contributed by atoms with Crippen LogP contribution in [-0.2, 0) is 10.0 Å². The normalized spacial score (nSPS) is 13.6. The smallest absolute Gasteiger partial charge is 0.264 e. The first-order chi connectivity index (χ1) is 12.4. The largest absolute Gasteiger partial charge is 0.486 e. The number of nitrogens with zero attached hydrogens (tertiary/aromatic N) is 1. The van der Waals surface area contributed by atoms with E-state index in [4.69, 9.17) is 21.1 Å². The van der Waals surface area contributed by atoms with Crippen LogP contribution in [0.4, 0.5) is 5.69 Å². The maximum absolute atomic E-state index is 12.9. The molecule has 4 rings (SSSR count). The third-order valence-corrected chi connectivity index (χ3v) is 5.69. The molecule has 3 aromatic rings. The van der Waals surface area contributed by atoms with Crippen molar-refractivity contribution in [2.45, 2.75) is 11.8 Å². The van der Waals surface area contributed by atoms with Crippen molar-refractivity contribution < 1.29 is 17.9 Å². The maximum atomic E-state index is 12.9. The number of pyridine rings is 1. The zero-order valence-corrected chi connectivity index (χ0v) is 15.4. The molecule has 0 spiro atoms. The number of fused-ring (bicyclic) bond motifs is 2. The summed E-state index contributed by atoms with van der Waals surface area (Å²) in [4.78, 5) is 4.37. The average Bonchev–Trinajstić information content (AvgIpc) is 2.61. The Morgan fingerprint density at radius 3 is 2.62 bits per heavy atom. The minimum absolute atomic E-state index is 0.0842. The second kappa shape index (κ2) is 6.34. The van der Waals surface area contributed by atoms with Gasteiger partial charge in [0.05, 0.1) is 16.2 Å². The molecule has 26 heavy (non-hydrogen) atoms. The highest BCUT2D eigenvalue weighted by atomic mass is 35.5. The van der Waals surface area contributed by atoms with Crippen molar-refractivity contribution in [1.29, 1.82) is 0 Å². The molecule has 2 heterocycles. The average molecular weight is 391 g/mol. The Kier molecular flexibility index (Phi) is 4.13. The Morgan fingerprint density at radius 1 is 1.12 bits per heavy atom. The van der Waals surface area contributed by atoms with Gasteiger partial charge < -0.3 is 9.47 Å². The van der Waals surface area contributed by atoms with Crippen LogP contribution in [0.5, 0.6) is 11.5 Å². The number of halogens is 1. The summed E-state index contributed by atoms with van der Waals surface area (Å²) < 4.78 is 39.3. The van der Waals surface area contributed by atoms with E-state index in [1.165, 1.54) is 12.1 Å². The predicted octanol–water partition coefficient (Wildman–Crippen LogP) is 3.77. The standard InChI is InChI=1S/C18H15ClN2O4S/c1-11-7-12-3-2-4-17(18(12)20-10-11)26(22,23)21-14-9-16-15(8-13(14)19)24-5-6-25-16/h2-4,7-10,21H,5-6H2,1H3. The molecule has 6 nitrogen and oxygen atoms in total. The summed E-state index contributed by atoms with van der Waals surface area (Å²) in [5.41, 5.74) is 1.58. The van der Waals surface area contributed by atoms with Crippen LogP contribution in [0.3, 0.4) is 0 Å². The van der Waals surface area contributed by atoms with Crippen LogP contribution >= 0.6 is 11.6 Å². The summed E-state index contributed by atoms with van der Waals surface area (Å²) >= 11 is 6.22. The van der Waals surface area contributed by atoms with Crippen molar-refractivity contribution >= 4 is 38.2 Å². The van der Waals surface area contributed by atoms with Gasteiger partial charge in [-0.2, -0.15) is 0 Å². The number of benzene rings is 2. The van der Waals surface area contributed by atoms with Crippen LogP contribution in [0.15, 0.2) is 47.5 Å². The van der Waals surface area contributed by atoms with Gasteiger partial charge in [0.2, 0.25) is 0 Å². The highest BCUT2D eigenvalue weighted by molar-refractivity contribution is 7.93. The van der Waals surface area contributed by atoms with E-state index in [0.717, 1.165) is 10.9 Å². The zero-order chi connectivity index (χ0) is 18.3. The van der Waals surface area contributed by atoms with E-state index >= 15 is 0 Å². The fourth-order valence-electron chi connectivity index (χ4n) is 2.80. The lowest BCUT2D eigenvalue weighted by Crippen LogP contribution is -2.17. The highest BCUT2D eigenvalue weighted by Crippen LogP contribution is 2.39. The molecule has 0 radical (unpaired) electrons. The van der Waals surface area contributed by atoms with Crippen LogP contribution in [0.2, 0.25) is 5.02 Å². The van der Waals surface area contributed by atoms with E-state index in [9.17, 15) is 8.42 Å². The van der Waals surface area contributed by atoms with Gasteiger partial charge in [-0.25, -0.2) is 8.42 Å². The summed E-state index contributed by atoms with van der Waals surface area (Å²) in [6.07, 6.45) is 1.64. The van der Waals surface area contributed by atoms with Gasteiger partial charge in [-0.3, -0.25) is 9.71 Å². The third kappa shape index (κ3) is 3.04. The van der Waals surface area contributed by atoms with E-state index in [2.05, 4.69) is 9.71 Å². The number of ether oxygens (including phenoxy) is 2. The first kappa shape index (κ1) is 16.9. The first-order valence-electron chi connectivity index (χ1n) is 7.91. The lowest BCUT2D eigenvalue weighted by Gasteiger charge is -2.20. The Morgan fingerprint density at radius 2 is 1.85 bits per heavy atom. The van der Waals surface area contributed by atoms with Gasteiger partial charge in [0.1, 0.15) is 18.1 Å². The molecular weight excluding hydrogens is 376 g/mol. The van der Waals surface area contributed by atoms with Gasteiger partial charge in [-0.1, -0.05) is 23.7 Å². The number of anilines is 1. The molecule has 1 aromatic heterocycles. The topological polar surface area (TPSA) is 77.5 Å². The molecule has 134 valence electrons. The first-order valence-corrected chi connectivity index (χ1v) is 9.77. The fraction of sp³-hybridized carbons (Fsp3) is 0.167. The van der Waals surface area contributed by atoms with Gasteiger partial charge in [0, 0.05) is 23.7 Å². The van der Waals surface area contributed by atoms with Gasteiger partial charge in [-0.15, -0.1) is 0 Å². The van der Waals surface area contributed by atoms with Crippen molar-refractivity contribution in [3.63, 3.8) is 0 Å². The molecule has 0 unspecified atom stereocenters. The number of aryl methyl sites for hydroxylation is 1. The quantitative estimate of drug-likeness (QED) is 0.736. The zero-order valence-electron chi connectivity index (χ0n) is 13.8. The number of aromatic nitrogens is 1. The van der Waals surface area contributed by atoms with E-state index in [1.54, 1.807) is 18.3 Å². The SMILES string of the molecule is Cc1cnc2c(S(=O)(=O)Nc3cc4c(cc3Cl)OCCO4)cccc2c1. The van der Waals surface area contributed by atoms with Gasteiger partial charge in [0.25, 0.3) is 10.0 Å². The molecule has 2 aromatic carbocycles. The molecule has 0 bridgehead atoms. The van der Waals surface area contributed by atoms with Crippen molar-refractivity contribution in [3.8, 4) is 11.5 Å². The predicted molar refractivity (Wildman–Crippen MR) is 99.7 cm³/mol. The third-order valence-electron chi connectivity index (χ3n) is 3.98. The minimum atomic E-state index is -3.90. The second-order valence-corrected chi connectivity index (χ2v) is 7.98. The number of rotatable bonds is 3. The Bertz CT molecular complexity index is 1120. The molecule has 0 saturated carbocycles. The highest BCUT2D eigenvalue weighted by Gasteiger charge is 2.22. The number of hydrogen-bond donors (Lipinski definition) is 1. The second-order valence-electron chi connectivity index (χ2n) is 5.92. The van der Waals surface area contributed by atoms with Crippen molar-refractivity contribution in [1.82, 2.24) is 4.98 Å². The summed E-state index contributed by atoms with van der Waals surface area (Å²) in [5, 5.41) is 0.975. The lowest BCUT2D eigenvalue weighted by molar-refractivity contribution is 0.171. The molecular formula is C18H15ClN2O4S. The number of para-hydroxylation sites is 1. The minimum Gasteiger partial charge on any atom is -0.486 e. The van der Waals surface area contributed by atoms with Crippen LogP contribution in [0.25, 0.3) is 10.9 Å². The summed E-state index contributed by atoms with van der Waals surface area (Å²) in [6, 6.07) is 9.97.